The van der Waals surface area contributed by atoms with E-state index in [1.807, 2.05) is 0 Å². The maximum absolute atomic E-state index is 14.9. The number of hydrogen-bond donors (Lipinski definition) is 2. The highest BCUT2D eigenvalue weighted by atomic mass is 19.1. The Balaban J connectivity index is 2.31. The second-order valence-corrected chi connectivity index (χ2v) is 6.48. The molecule has 29 heavy (non-hydrogen) atoms. The SMILES string of the molecule is CCOC(=O)c1cn2c3c(CO)cc(F)cc3c3c([NH2+]OC)c(F)cc(c1=O)c32. The number of carbonyl (C=O) groups is 1. The van der Waals surface area contributed by atoms with E-state index in [0.29, 0.717) is 11.0 Å². The van der Waals surface area contributed by atoms with Gasteiger partial charge in [0.2, 0.25) is 11.1 Å². The number of pyridine rings is 1. The third-order valence-electron chi connectivity index (χ3n) is 4.84. The lowest BCUT2D eigenvalue weighted by molar-refractivity contribution is -0.830. The van der Waals surface area contributed by atoms with Gasteiger partial charge in [-0.3, -0.25) is 4.79 Å². The average Bonchev–Trinajstić information content (AvgIpc) is 3.01. The molecule has 0 radical (unpaired) electrons. The van der Waals surface area contributed by atoms with Gasteiger partial charge in [-0.2, -0.15) is 5.48 Å². The van der Waals surface area contributed by atoms with Crippen LogP contribution in [0.2, 0.25) is 0 Å². The molecule has 0 aliphatic heterocycles. The first-order valence-electron chi connectivity index (χ1n) is 8.81. The summed E-state index contributed by atoms with van der Waals surface area (Å²) in [6.45, 7) is 1.16. The Morgan fingerprint density at radius 3 is 2.62 bits per heavy atom. The third kappa shape index (κ3) is 2.74. The quantitative estimate of drug-likeness (QED) is 0.301. The molecule has 0 bridgehead atoms. The van der Waals surface area contributed by atoms with Crippen molar-refractivity contribution in [2.75, 3.05) is 13.7 Å². The van der Waals surface area contributed by atoms with Crippen LogP contribution < -0.4 is 10.9 Å². The molecule has 2 aromatic heterocycles. The molecule has 0 aliphatic rings. The number of nitrogens with two attached hydrogens (primary N) is 1. The lowest BCUT2D eigenvalue weighted by Gasteiger charge is -2.08. The van der Waals surface area contributed by atoms with Crippen molar-refractivity contribution in [3.63, 3.8) is 0 Å². The van der Waals surface area contributed by atoms with Gasteiger partial charge in [0.15, 0.2) is 5.82 Å². The van der Waals surface area contributed by atoms with Gasteiger partial charge in [-0.15, -0.1) is 0 Å². The van der Waals surface area contributed by atoms with Crippen LogP contribution >= 0.6 is 0 Å². The number of ether oxygens (including phenoxy) is 1. The zero-order valence-corrected chi connectivity index (χ0v) is 15.6. The number of aliphatic hydroxyl groups excluding tert-OH is 1. The van der Waals surface area contributed by atoms with Crippen molar-refractivity contribution >= 4 is 38.8 Å². The molecule has 0 saturated heterocycles. The maximum Gasteiger partial charge on any atom is 0.343 e. The van der Waals surface area contributed by atoms with E-state index in [9.17, 15) is 23.5 Å². The molecule has 0 aliphatic carbocycles. The van der Waals surface area contributed by atoms with E-state index in [2.05, 4.69) is 0 Å². The van der Waals surface area contributed by atoms with Gasteiger partial charge in [0, 0.05) is 17.1 Å². The van der Waals surface area contributed by atoms with E-state index in [-0.39, 0.29) is 39.6 Å². The van der Waals surface area contributed by atoms with Crippen LogP contribution in [0, 0.1) is 11.6 Å². The van der Waals surface area contributed by atoms with Crippen LogP contribution in [-0.4, -0.2) is 29.2 Å². The number of carbonyl (C=O) groups excluding carboxylic acids is 1. The number of aromatic nitrogens is 1. The van der Waals surface area contributed by atoms with Crippen molar-refractivity contribution in [2.45, 2.75) is 13.5 Å². The van der Waals surface area contributed by atoms with Gasteiger partial charge in [0.05, 0.1) is 42.1 Å². The van der Waals surface area contributed by atoms with Crippen molar-refractivity contribution in [1.29, 1.82) is 0 Å². The molecule has 3 N–H and O–H groups in total. The first-order valence-corrected chi connectivity index (χ1v) is 8.81. The van der Waals surface area contributed by atoms with Crippen molar-refractivity contribution < 1.29 is 33.7 Å². The molecule has 0 saturated carbocycles. The Morgan fingerprint density at radius 1 is 1.21 bits per heavy atom. The number of halogens is 2. The van der Waals surface area contributed by atoms with Gasteiger partial charge < -0.3 is 14.2 Å². The van der Waals surface area contributed by atoms with Crippen LogP contribution in [0.4, 0.5) is 14.5 Å². The zero-order chi connectivity index (χ0) is 20.9. The fourth-order valence-electron chi connectivity index (χ4n) is 3.76. The molecule has 2 heterocycles. The first-order chi connectivity index (χ1) is 13.9. The smallest absolute Gasteiger partial charge is 0.343 e. The number of aliphatic hydroxyl groups is 1. The van der Waals surface area contributed by atoms with E-state index in [4.69, 9.17) is 9.57 Å². The summed E-state index contributed by atoms with van der Waals surface area (Å²) in [5.74, 6) is -2.24. The number of hydrogen-bond acceptors (Lipinski definition) is 5. The number of rotatable bonds is 5. The van der Waals surface area contributed by atoms with Gasteiger partial charge in [0.25, 0.3) is 0 Å². The molecule has 2 aromatic carbocycles. The molecule has 9 heteroatoms. The van der Waals surface area contributed by atoms with Crippen molar-refractivity contribution in [1.82, 2.24) is 4.40 Å². The van der Waals surface area contributed by atoms with Crippen LogP contribution in [0.15, 0.2) is 29.2 Å². The number of quaternary nitrogens is 1. The molecule has 0 spiro atoms. The molecule has 150 valence electrons. The Labute approximate surface area is 162 Å². The minimum absolute atomic E-state index is 0.0327. The van der Waals surface area contributed by atoms with Crippen molar-refractivity contribution in [2.24, 2.45) is 0 Å². The van der Waals surface area contributed by atoms with Crippen molar-refractivity contribution in [3.8, 4) is 0 Å². The van der Waals surface area contributed by atoms with E-state index >= 15 is 0 Å². The summed E-state index contributed by atoms with van der Waals surface area (Å²) in [5.41, 5.74) is 1.09. The monoisotopic (exact) mass is 403 g/mol. The van der Waals surface area contributed by atoms with Gasteiger partial charge in [-0.25, -0.2) is 18.4 Å². The largest absolute Gasteiger partial charge is 0.462 e. The van der Waals surface area contributed by atoms with E-state index in [1.54, 1.807) is 6.92 Å². The fraction of sp³-hybridized carbons (Fsp3) is 0.200. The standard InChI is InChI=1S/C20H16F2N2O5/c1-3-29-20(27)13-7-24-17-9(8-25)4-10(21)5-11(17)15-16(23-28-2)14(22)6-12(18(15)24)19(13)26/h4-7,23,25H,3,8H2,1-2H3/p+1. The summed E-state index contributed by atoms with van der Waals surface area (Å²) < 4.78 is 35.6. The van der Waals surface area contributed by atoms with Crippen LogP contribution in [0.1, 0.15) is 22.8 Å². The number of benzene rings is 2. The van der Waals surface area contributed by atoms with Gasteiger partial charge in [-0.1, -0.05) is 0 Å². The Kier molecular flexibility index (Phi) is 4.65. The first kappa shape index (κ1) is 19.2. The molecule has 0 unspecified atom stereocenters. The zero-order valence-electron chi connectivity index (χ0n) is 15.6. The van der Waals surface area contributed by atoms with E-state index < -0.39 is 29.6 Å². The Morgan fingerprint density at radius 2 is 1.97 bits per heavy atom. The lowest BCUT2D eigenvalue weighted by atomic mass is 10.0. The highest BCUT2D eigenvalue weighted by Gasteiger charge is 2.27. The molecule has 4 aromatic rings. The molecular formula is C20H17F2N2O5+. The summed E-state index contributed by atoms with van der Waals surface area (Å²) in [4.78, 5) is 30.2. The van der Waals surface area contributed by atoms with Crippen LogP contribution in [0.25, 0.3) is 27.2 Å². The minimum Gasteiger partial charge on any atom is -0.462 e. The second-order valence-electron chi connectivity index (χ2n) is 6.48. The van der Waals surface area contributed by atoms with Crippen LogP contribution in [0.5, 0.6) is 0 Å². The molecule has 0 fully saturated rings. The fourth-order valence-corrected chi connectivity index (χ4v) is 3.76. The van der Waals surface area contributed by atoms with Crippen LogP contribution in [0.3, 0.4) is 0 Å². The number of nitrogens with zero attached hydrogens (tertiary/aromatic N) is 1. The highest BCUT2D eigenvalue weighted by Crippen LogP contribution is 2.38. The summed E-state index contributed by atoms with van der Waals surface area (Å²) in [7, 11) is 1.34. The predicted molar refractivity (Wildman–Crippen MR) is 100 cm³/mol. The topological polar surface area (TPSA) is 93.8 Å². The number of esters is 1. The minimum atomic E-state index is -0.848. The Bertz CT molecular complexity index is 1330. The molecular weight excluding hydrogens is 386 g/mol. The molecule has 0 atom stereocenters. The molecule has 7 nitrogen and oxygen atoms in total. The summed E-state index contributed by atoms with van der Waals surface area (Å²) >= 11 is 0. The van der Waals surface area contributed by atoms with E-state index in [1.165, 1.54) is 23.8 Å². The summed E-state index contributed by atoms with van der Waals surface area (Å²) in [6.07, 6.45) is 1.28. The maximum atomic E-state index is 14.9. The molecule has 4 rings (SSSR count). The number of fused-ring (bicyclic) bond motifs is 3. The second kappa shape index (κ2) is 7.03. The summed E-state index contributed by atoms with van der Waals surface area (Å²) in [5, 5.41) is 10.2. The molecule has 0 amide bonds. The van der Waals surface area contributed by atoms with Crippen LogP contribution in [-0.2, 0) is 16.2 Å². The van der Waals surface area contributed by atoms with Gasteiger partial charge in [0.1, 0.15) is 11.4 Å². The van der Waals surface area contributed by atoms with Crippen molar-refractivity contribution in [3.05, 3.63) is 57.4 Å². The van der Waals surface area contributed by atoms with Gasteiger partial charge in [-0.05, 0) is 25.1 Å². The average molecular weight is 403 g/mol. The van der Waals surface area contributed by atoms with E-state index in [0.717, 1.165) is 17.6 Å². The lowest BCUT2D eigenvalue weighted by Crippen LogP contribution is -2.76. The summed E-state index contributed by atoms with van der Waals surface area (Å²) in [6, 6.07) is 3.36. The normalized spacial score (nSPS) is 11.8. The highest BCUT2D eigenvalue weighted by molar-refractivity contribution is 6.19. The van der Waals surface area contributed by atoms with Gasteiger partial charge >= 0.3 is 5.97 Å². The third-order valence-corrected chi connectivity index (χ3v) is 4.84. The Hall–Kier alpha value is -3.14. The predicted octanol–water partition coefficient (Wildman–Crippen LogP) is 1.75.